The van der Waals surface area contributed by atoms with Crippen molar-refractivity contribution in [1.29, 1.82) is 0 Å². The monoisotopic (exact) mass is 362 g/mol. The summed E-state index contributed by atoms with van der Waals surface area (Å²) in [4.78, 5) is 0.262. The Hall–Kier alpha value is -1.02. The molecule has 0 saturated carbocycles. The summed E-state index contributed by atoms with van der Waals surface area (Å²) in [6, 6.07) is 4.90. The summed E-state index contributed by atoms with van der Waals surface area (Å²) >= 11 is 0. The van der Waals surface area contributed by atoms with Crippen LogP contribution in [0, 0.1) is 0 Å². The van der Waals surface area contributed by atoms with Crippen molar-refractivity contribution < 1.29 is 17.9 Å². The smallest absolute Gasteiger partial charge is 0.243 e. The molecular weight excluding hydrogens is 340 g/mol. The van der Waals surface area contributed by atoms with Gasteiger partial charge in [-0.1, -0.05) is 0 Å². The molecule has 1 N–H and O–H groups in total. The van der Waals surface area contributed by atoms with Gasteiger partial charge < -0.3 is 14.8 Å². The molecule has 2 aliphatic rings. The zero-order chi connectivity index (χ0) is 15.7. The second-order valence-corrected chi connectivity index (χ2v) is 7.65. The van der Waals surface area contributed by atoms with Crippen LogP contribution in [0.5, 0.6) is 11.5 Å². The molecule has 1 fully saturated rings. The van der Waals surface area contributed by atoms with Crippen molar-refractivity contribution in [2.24, 2.45) is 0 Å². The molecule has 1 aromatic rings. The van der Waals surface area contributed by atoms with Crippen LogP contribution in [-0.4, -0.2) is 51.1 Å². The lowest BCUT2D eigenvalue weighted by Gasteiger charge is -2.37. The lowest BCUT2D eigenvalue weighted by molar-refractivity contribution is 0.232. The number of hydrogen-bond acceptors (Lipinski definition) is 5. The number of sulfonamides is 1. The SMILES string of the molecule is CC1NCCN(S(=O)(=O)c2ccc3c(c2)OCCCO3)C1C.Cl. The van der Waals surface area contributed by atoms with Crippen LogP contribution >= 0.6 is 12.4 Å². The van der Waals surface area contributed by atoms with Gasteiger partial charge in [0.2, 0.25) is 10.0 Å². The predicted molar refractivity (Wildman–Crippen MR) is 90.1 cm³/mol. The minimum atomic E-state index is -3.53. The number of fused-ring (bicyclic) bond motifs is 1. The lowest BCUT2D eigenvalue weighted by atomic mass is 10.1. The fraction of sp³-hybridized carbons (Fsp3) is 0.600. The highest BCUT2D eigenvalue weighted by atomic mass is 35.5. The Morgan fingerprint density at radius 3 is 2.61 bits per heavy atom. The van der Waals surface area contributed by atoms with E-state index < -0.39 is 10.0 Å². The van der Waals surface area contributed by atoms with Crippen molar-refractivity contribution in [3.8, 4) is 11.5 Å². The first-order valence-electron chi connectivity index (χ1n) is 7.65. The predicted octanol–water partition coefficient (Wildman–Crippen LogP) is 1.64. The van der Waals surface area contributed by atoms with Gasteiger partial charge >= 0.3 is 0 Å². The molecule has 8 heteroatoms. The van der Waals surface area contributed by atoms with Gasteiger partial charge in [0.05, 0.1) is 18.1 Å². The van der Waals surface area contributed by atoms with Crippen molar-refractivity contribution in [2.45, 2.75) is 37.2 Å². The molecule has 0 aromatic heterocycles. The Kier molecular flexibility index (Phi) is 5.78. The second kappa shape index (κ2) is 7.25. The van der Waals surface area contributed by atoms with E-state index in [-0.39, 0.29) is 29.4 Å². The highest BCUT2D eigenvalue weighted by Crippen LogP contribution is 2.33. The minimum absolute atomic E-state index is 0. The second-order valence-electron chi connectivity index (χ2n) is 5.76. The molecule has 0 radical (unpaired) electrons. The lowest BCUT2D eigenvalue weighted by Crippen LogP contribution is -2.57. The third-order valence-corrected chi connectivity index (χ3v) is 6.28. The largest absolute Gasteiger partial charge is 0.490 e. The van der Waals surface area contributed by atoms with Crippen LogP contribution < -0.4 is 14.8 Å². The van der Waals surface area contributed by atoms with Gasteiger partial charge in [0.15, 0.2) is 11.5 Å². The van der Waals surface area contributed by atoms with Gasteiger partial charge in [-0.25, -0.2) is 8.42 Å². The standard InChI is InChI=1S/C15H22N2O4S.ClH/c1-11-12(2)17(7-6-16-11)22(18,19)13-4-5-14-15(10-13)21-9-3-8-20-14;/h4-5,10-12,16H,3,6-9H2,1-2H3;1H. The van der Waals surface area contributed by atoms with Gasteiger partial charge in [-0.2, -0.15) is 4.31 Å². The Morgan fingerprint density at radius 1 is 1.17 bits per heavy atom. The van der Waals surface area contributed by atoms with Crippen molar-refractivity contribution >= 4 is 22.4 Å². The van der Waals surface area contributed by atoms with Crippen LogP contribution in [0.15, 0.2) is 23.1 Å². The zero-order valence-corrected chi connectivity index (χ0v) is 15.0. The normalized spacial score (nSPS) is 25.3. The topological polar surface area (TPSA) is 67.9 Å². The number of ether oxygens (including phenoxy) is 2. The molecule has 2 unspecified atom stereocenters. The van der Waals surface area contributed by atoms with E-state index in [4.69, 9.17) is 9.47 Å². The Bertz CT molecular complexity index is 653. The molecule has 23 heavy (non-hydrogen) atoms. The van der Waals surface area contributed by atoms with Crippen molar-refractivity contribution in [3.63, 3.8) is 0 Å². The average molecular weight is 363 g/mol. The summed E-state index contributed by atoms with van der Waals surface area (Å²) < 4.78 is 38.6. The van der Waals surface area contributed by atoms with E-state index >= 15 is 0 Å². The molecule has 0 bridgehead atoms. The first kappa shape index (κ1) is 18.3. The molecule has 0 aliphatic carbocycles. The van der Waals surface area contributed by atoms with Crippen molar-refractivity contribution in [1.82, 2.24) is 9.62 Å². The molecule has 1 saturated heterocycles. The molecular formula is C15H23ClN2O4S. The molecule has 0 amide bonds. The highest BCUT2D eigenvalue weighted by Gasteiger charge is 2.34. The third-order valence-electron chi connectivity index (χ3n) is 4.30. The zero-order valence-electron chi connectivity index (χ0n) is 13.3. The third kappa shape index (κ3) is 3.57. The van der Waals surface area contributed by atoms with E-state index in [2.05, 4.69) is 5.32 Å². The fourth-order valence-corrected chi connectivity index (χ4v) is 4.52. The van der Waals surface area contributed by atoms with E-state index in [9.17, 15) is 8.42 Å². The number of nitrogens with zero attached hydrogens (tertiary/aromatic N) is 1. The number of rotatable bonds is 2. The summed E-state index contributed by atoms with van der Waals surface area (Å²) in [5.74, 6) is 1.12. The van der Waals surface area contributed by atoms with Crippen molar-refractivity contribution in [2.75, 3.05) is 26.3 Å². The van der Waals surface area contributed by atoms with Gasteiger partial charge in [0, 0.05) is 37.7 Å². The van der Waals surface area contributed by atoms with Gasteiger partial charge in [0.25, 0.3) is 0 Å². The Balaban J connectivity index is 0.00000192. The molecule has 130 valence electrons. The first-order chi connectivity index (χ1) is 10.5. The van der Waals surface area contributed by atoms with E-state index in [1.165, 1.54) is 0 Å². The van der Waals surface area contributed by atoms with Crippen LogP contribution in [0.2, 0.25) is 0 Å². The van der Waals surface area contributed by atoms with Crippen LogP contribution in [-0.2, 0) is 10.0 Å². The highest BCUT2D eigenvalue weighted by molar-refractivity contribution is 7.89. The number of halogens is 1. The number of nitrogens with one attached hydrogen (secondary N) is 1. The number of hydrogen-bond donors (Lipinski definition) is 1. The van der Waals surface area contributed by atoms with E-state index in [0.29, 0.717) is 37.8 Å². The summed E-state index contributed by atoms with van der Waals surface area (Å²) in [6.45, 7) is 6.19. The Morgan fingerprint density at radius 2 is 1.87 bits per heavy atom. The fourth-order valence-electron chi connectivity index (χ4n) is 2.80. The van der Waals surface area contributed by atoms with E-state index in [0.717, 1.165) is 6.42 Å². The molecule has 2 atom stereocenters. The van der Waals surface area contributed by atoms with Crippen LogP contribution in [0.3, 0.4) is 0 Å². The Labute approximate surface area is 143 Å². The maximum atomic E-state index is 12.9. The van der Waals surface area contributed by atoms with Gasteiger partial charge in [-0.15, -0.1) is 12.4 Å². The van der Waals surface area contributed by atoms with Crippen molar-refractivity contribution in [3.05, 3.63) is 18.2 Å². The van der Waals surface area contributed by atoms with Gasteiger partial charge in [-0.05, 0) is 26.0 Å². The molecule has 0 spiro atoms. The molecule has 1 aromatic carbocycles. The molecule has 3 rings (SSSR count). The van der Waals surface area contributed by atoms with Crippen LogP contribution in [0.25, 0.3) is 0 Å². The van der Waals surface area contributed by atoms with Gasteiger partial charge in [0.1, 0.15) is 0 Å². The number of piperazine rings is 1. The first-order valence-corrected chi connectivity index (χ1v) is 9.09. The summed E-state index contributed by atoms with van der Waals surface area (Å²) in [5, 5.41) is 3.29. The van der Waals surface area contributed by atoms with E-state index in [1.54, 1.807) is 22.5 Å². The quantitative estimate of drug-likeness (QED) is 0.866. The number of benzene rings is 1. The average Bonchev–Trinajstić information content (AvgIpc) is 2.74. The van der Waals surface area contributed by atoms with E-state index in [1.807, 2.05) is 13.8 Å². The van der Waals surface area contributed by atoms with Crippen LogP contribution in [0.4, 0.5) is 0 Å². The minimum Gasteiger partial charge on any atom is -0.490 e. The summed E-state index contributed by atoms with van der Waals surface area (Å²) in [7, 11) is -3.53. The molecule has 2 aliphatic heterocycles. The summed E-state index contributed by atoms with van der Waals surface area (Å²) in [6.07, 6.45) is 0.795. The molecule has 6 nitrogen and oxygen atoms in total. The maximum Gasteiger partial charge on any atom is 0.243 e. The maximum absolute atomic E-state index is 12.9. The molecule has 2 heterocycles. The summed E-state index contributed by atoms with van der Waals surface area (Å²) in [5.41, 5.74) is 0. The van der Waals surface area contributed by atoms with Gasteiger partial charge in [-0.3, -0.25) is 0 Å². The van der Waals surface area contributed by atoms with Crippen LogP contribution in [0.1, 0.15) is 20.3 Å².